The molecule has 0 saturated carbocycles. The Bertz CT molecular complexity index is 986. The number of hydrogen-bond acceptors (Lipinski definition) is 5. The molecule has 0 N–H and O–H groups in total. The summed E-state index contributed by atoms with van der Waals surface area (Å²) in [5, 5.41) is 1.51. The number of aromatic nitrogens is 1. The van der Waals surface area contributed by atoms with Gasteiger partial charge in [0.2, 0.25) is 5.91 Å². The average molecular weight is 448 g/mol. The summed E-state index contributed by atoms with van der Waals surface area (Å²) < 4.78 is 1.13. The van der Waals surface area contributed by atoms with Crippen molar-refractivity contribution in [3.05, 3.63) is 52.5 Å². The maximum Gasteiger partial charge on any atom is 0.229 e. The number of carbonyl (C=O) groups excluding carboxylic acids is 1. The Morgan fingerprint density at radius 1 is 1.10 bits per heavy atom. The topological polar surface area (TPSA) is 36.4 Å². The zero-order chi connectivity index (χ0) is 21.0. The molecule has 1 amide bonds. The van der Waals surface area contributed by atoms with Crippen LogP contribution < -0.4 is 4.90 Å². The van der Waals surface area contributed by atoms with E-state index in [1.165, 1.54) is 11.1 Å². The maximum absolute atomic E-state index is 13.1. The number of benzene rings is 2. The Morgan fingerprint density at radius 3 is 2.52 bits per heavy atom. The predicted molar refractivity (Wildman–Crippen MR) is 127 cm³/mol. The van der Waals surface area contributed by atoms with Gasteiger partial charge in [0, 0.05) is 35.2 Å². The van der Waals surface area contributed by atoms with Crippen LogP contribution in [0, 0.1) is 13.8 Å². The number of thiazole rings is 1. The van der Waals surface area contributed by atoms with Crippen LogP contribution in [0.15, 0.2) is 41.3 Å². The molecule has 29 heavy (non-hydrogen) atoms. The van der Waals surface area contributed by atoms with Crippen LogP contribution in [-0.2, 0) is 4.79 Å². The number of likely N-dealkylation sites (N-methyl/N-ethyl adjacent to an activating group) is 1. The van der Waals surface area contributed by atoms with E-state index < -0.39 is 0 Å². The first-order valence-corrected chi connectivity index (χ1v) is 11.7. The summed E-state index contributed by atoms with van der Waals surface area (Å²) in [4.78, 5) is 23.0. The van der Waals surface area contributed by atoms with Crippen LogP contribution in [0.25, 0.3) is 10.2 Å². The van der Waals surface area contributed by atoms with Gasteiger partial charge < -0.3 is 4.90 Å². The molecule has 1 aromatic heterocycles. The van der Waals surface area contributed by atoms with Crippen molar-refractivity contribution in [3.8, 4) is 0 Å². The number of thioether (sulfide) groups is 1. The molecule has 4 nitrogen and oxygen atoms in total. The molecular weight excluding hydrogens is 422 g/mol. The highest BCUT2D eigenvalue weighted by Crippen LogP contribution is 2.32. The van der Waals surface area contributed by atoms with Gasteiger partial charge in [-0.2, -0.15) is 0 Å². The summed E-state index contributed by atoms with van der Waals surface area (Å²) in [6.45, 7) is 5.62. The number of nitrogens with zero attached hydrogens (tertiary/aromatic N) is 3. The van der Waals surface area contributed by atoms with Gasteiger partial charge in [0.05, 0.1) is 10.2 Å². The lowest BCUT2D eigenvalue weighted by Crippen LogP contribution is -2.36. The lowest BCUT2D eigenvalue weighted by molar-refractivity contribution is -0.118. The second-order valence-corrected chi connectivity index (χ2v) is 9.87. The summed E-state index contributed by atoms with van der Waals surface area (Å²) >= 11 is 9.20. The summed E-state index contributed by atoms with van der Waals surface area (Å²) in [7, 11) is 4.04. The van der Waals surface area contributed by atoms with Crippen molar-refractivity contribution in [1.82, 2.24) is 9.88 Å². The van der Waals surface area contributed by atoms with Crippen molar-refractivity contribution in [3.63, 3.8) is 0 Å². The Morgan fingerprint density at radius 2 is 1.83 bits per heavy atom. The Balaban J connectivity index is 1.74. The molecule has 0 atom stereocenters. The number of anilines is 1. The number of aryl methyl sites for hydroxylation is 2. The molecule has 3 rings (SSSR count). The number of fused-ring (bicyclic) bond motifs is 1. The Kier molecular flexibility index (Phi) is 7.57. The lowest BCUT2D eigenvalue weighted by atomic mass is 10.1. The second-order valence-electron chi connectivity index (χ2n) is 7.25. The molecule has 0 saturated heterocycles. The predicted octanol–water partition coefficient (Wildman–Crippen LogP) is 5.64. The number of carbonyl (C=O) groups is 1. The van der Waals surface area contributed by atoms with E-state index in [1.54, 1.807) is 23.1 Å². The first-order chi connectivity index (χ1) is 13.8. The van der Waals surface area contributed by atoms with Gasteiger partial charge in [-0.25, -0.2) is 4.98 Å². The van der Waals surface area contributed by atoms with Gasteiger partial charge in [0.15, 0.2) is 5.13 Å². The first kappa shape index (κ1) is 22.1. The summed E-state index contributed by atoms with van der Waals surface area (Å²) in [6.07, 6.45) is 0.467. The molecule has 0 aliphatic rings. The molecule has 0 spiro atoms. The normalized spacial score (nSPS) is 11.4. The van der Waals surface area contributed by atoms with E-state index in [2.05, 4.69) is 30.9 Å². The number of halogens is 1. The van der Waals surface area contributed by atoms with Crippen LogP contribution in [0.3, 0.4) is 0 Å². The number of rotatable bonds is 8. The van der Waals surface area contributed by atoms with Crippen molar-refractivity contribution in [2.45, 2.75) is 25.2 Å². The van der Waals surface area contributed by atoms with Gasteiger partial charge in [-0.3, -0.25) is 9.69 Å². The van der Waals surface area contributed by atoms with Gasteiger partial charge >= 0.3 is 0 Å². The third-order valence-electron chi connectivity index (χ3n) is 4.77. The van der Waals surface area contributed by atoms with Crippen LogP contribution in [0.1, 0.15) is 17.5 Å². The molecule has 2 aromatic carbocycles. The minimum Gasteiger partial charge on any atom is -0.308 e. The number of hydrogen-bond donors (Lipinski definition) is 0. The Labute approximate surface area is 185 Å². The van der Waals surface area contributed by atoms with Gasteiger partial charge in [0.1, 0.15) is 0 Å². The number of amides is 1. The molecule has 3 aromatic rings. The van der Waals surface area contributed by atoms with Crippen LogP contribution in [0.2, 0.25) is 5.02 Å². The SMILES string of the molecule is Cc1ccc2sc(N(CCN(C)C)C(=O)CCSc3ccc(Cl)cc3)nc2c1C. The molecule has 154 valence electrons. The van der Waals surface area contributed by atoms with Gasteiger partial charge in [-0.15, -0.1) is 11.8 Å². The molecule has 0 fully saturated rings. The monoisotopic (exact) mass is 447 g/mol. The minimum absolute atomic E-state index is 0.113. The zero-order valence-electron chi connectivity index (χ0n) is 17.2. The largest absolute Gasteiger partial charge is 0.308 e. The molecule has 0 aliphatic heterocycles. The van der Waals surface area contributed by atoms with Crippen LogP contribution in [0.5, 0.6) is 0 Å². The smallest absolute Gasteiger partial charge is 0.229 e. The molecule has 1 heterocycles. The van der Waals surface area contributed by atoms with Crippen molar-refractivity contribution < 1.29 is 4.79 Å². The Hall–Kier alpha value is -1.60. The summed E-state index contributed by atoms with van der Waals surface area (Å²) in [6, 6.07) is 11.9. The lowest BCUT2D eigenvalue weighted by Gasteiger charge is -2.22. The molecule has 0 unspecified atom stereocenters. The van der Waals surface area contributed by atoms with Gasteiger partial charge in [-0.05, 0) is 69.4 Å². The minimum atomic E-state index is 0.113. The van der Waals surface area contributed by atoms with Crippen LogP contribution >= 0.6 is 34.7 Å². The molecule has 7 heteroatoms. The average Bonchev–Trinajstić information content (AvgIpc) is 3.11. The summed E-state index contributed by atoms with van der Waals surface area (Å²) in [5.41, 5.74) is 3.41. The molecular formula is C22H26ClN3OS2. The maximum atomic E-state index is 13.1. The van der Waals surface area contributed by atoms with Crippen LogP contribution in [-0.4, -0.2) is 48.7 Å². The second kappa shape index (κ2) is 9.94. The van der Waals surface area contributed by atoms with Crippen LogP contribution in [0.4, 0.5) is 5.13 Å². The van der Waals surface area contributed by atoms with Crippen molar-refractivity contribution in [2.24, 2.45) is 0 Å². The quantitative estimate of drug-likeness (QED) is 0.418. The highest BCUT2D eigenvalue weighted by atomic mass is 35.5. The van der Waals surface area contributed by atoms with E-state index in [1.807, 2.05) is 43.3 Å². The zero-order valence-corrected chi connectivity index (χ0v) is 19.6. The molecule has 0 aliphatic carbocycles. The van der Waals surface area contributed by atoms with Gasteiger partial charge in [-0.1, -0.05) is 29.0 Å². The fourth-order valence-corrected chi connectivity index (χ4v) is 4.91. The van der Waals surface area contributed by atoms with E-state index in [0.717, 1.165) is 37.6 Å². The van der Waals surface area contributed by atoms with E-state index in [0.29, 0.717) is 13.0 Å². The highest BCUT2D eigenvalue weighted by Gasteiger charge is 2.20. The van der Waals surface area contributed by atoms with Crippen molar-refractivity contribution in [2.75, 3.05) is 37.8 Å². The fraction of sp³-hybridized carbons (Fsp3) is 0.364. The first-order valence-electron chi connectivity index (χ1n) is 9.55. The standard InChI is InChI=1S/C22H26ClN3OS2/c1-15-5-10-19-21(16(15)2)24-22(29-19)26(13-12-25(3)4)20(27)11-14-28-18-8-6-17(23)7-9-18/h5-10H,11-14H2,1-4H3. The van der Waals surface area contributed by atoms with E-state index >= 15 is 0 Å². The third-order valence-corrected chi connectivity index (χ3v) is 7.08. The molecule has 0 radical (unpaired) electrons. The fourth-order valence-electron chi connectivity index (χ4n) is 2.88. The highest BCUT2D eigenvalue weighted by molar-refractivity contribution is 7.99. The van der Waals surface area contributed by atoms with Gasteiger partial charge in [0.25, 0.3) is 0 Å². The van der Waals surface area contributed by atoms with E-state index in [9.17, 15) is 4.79 Å². The van der Waals surface area contributed by atoms with E-state index in [4.69, 9.17) is 16.6 Å². The van der Waals surface area contributed by atoms with Crippen molar-refractivity contribution in [1.29, 1.82) is 0 Å². The third kappa shape index (κ3) is 5.72. The van der Waals surface area contributed by atoms with Crippen molar-refractivity contribution >= 4 is 56.0 Å². The summed E-state index contributed by atoms with van der Waals surface area (Å²) in [5.74, 6) is 0.837. The van der Waals surface area contributed by atoms with E-state index in [-0.39, 0.29) is 5.91 Å². The molecule has 0 bridgehead atoms.